The van der Waals surface area contributed by atoms with Crippen LogP contribution in [0, 0.1) is 13.8 Å². The number of hydrogen-bond acceptors (Lipinski definition) is 5. The van der Waals surface area contributed by atoms with E-state index in [0.717, 1.165) is 16.9 Å². The SMILES string of the molecule is CCN(CC)S(=O)(=O)c1ccc(NC(=O)CSCCOc2c(C)cccc2C)cc1. The molecule has 6 nitrogen and oxygen atoms in total. The number of aryl methyl sites for hydroxylation is 2. The van der Waals surface area contributed by atoms with Crippen LogP contribution in [0.5, 0.6) is 5.75 Å². The lowest BCUT2D eigenvalue weighted by atomic mass is 10.1. The van der Waals surface area contributed by atoms with Crippen LogP contribution >= 0.6 is 11.8 Å². The number of anilines is 1. The predicted octanol–water partition coefficient (Wildman–Crippen LogP) is 4.08. The largest absolute Gasteiger partial charge is 0.492 e. The molecule has 0 bridgehead atoms. The van der Waals surface area contributed by atoms with E-state index < -0.39 is 10.0 Å². The lowest BCUT2D eigenvalue weighted by molar-refractivity contribution is -0.113. The minimum absolute atomic E-state index is 0.133. The first-order valence-electron chi connectivity index (χ1n) is 9.96. The third-order valence-electron chi connectivity index (χ3n) is 4.60. The van der Waals surface area contributed by atoms with Crippen molar-refractivity contribution >= 4 is 33.4 Å². The predicted molar refractivity (Wildman–Crippen MR) is 124 cm³/mol. The molecule has 0 spiro atoms. The maximum Gasteiger partial charge on any atom is 0.243 e. The molecule has 0 aliphatic heterocycles. The van der Waals surface area contributed by atoms with E-state index in [1.807, 2.05) is 32.0 Å². The molecule has 0 heterocycles. The molecule has 164 valence electrons. The summed E-state index contributed by atoms with van der Waals surface area (Å²) in [5, 5.41) is 2.80. The minimum atomic E-state index is -3.49. The van der Waals surface area contributed by atoms with Crippen molar-refractivity contribution in [3.63, 3.8) is 0 Å². The van der Waals surface area contributed by atoms with Gasteiger partial charge >= 0.3 is 0 Å². The van der Waals surface area contributed by atoms with Crippen LogP contribution in [0.3, 0.4) is 0 Å². The molecule has 30 heavy (non-hydrogen) atoms. The van der Waals surface area contributed by atoms with Gasteiger partial charge in [-0.05, 0) is 49.2 Å². The Morgan fingerprint density at radius 2 is 1.63 bits per heavy atom. The Morgan fingerprint density at radius 1 is 1.03 bits per heavy atom. The molecule has 8 heteroatoms. The number of rotatable bonds is 11. The van der Waals surface area contributed by atoms with E-state index in [9.17, 15) is 13.2 Å². The van der Waals surface area contributed by atoms with Gasteiger partial charge in [0, 0.05) is 24.5 Å². The first-order valence-corrected chi connectivity index (χ1v) is 12.6. The van der Waals surface area contributed by atoms with Crippen LogP contribution in [0.25, 0.3) is 0 Å². The summed E-state index contributed by atoms with van der Waals surface area (Å²) in [4.78, 5) is 12.4. The maximum absolute atomic E-state index is 12.5. The molecule has 0 aromatic heterocycles. The quantitative estimate of drug-likeness (QED) is 0.522. The molecule has 0 saturated heterocycles. The molecule has 2 aromatic carbocycles. The standard InChI is InChI=1S/C22H30N2O4S2/c1-5-24(6-2)30(26,27)20-12-10-19(11-13-20)23-21(25)16-29-15-14-28-22-17(3)8-7-9-18(22)4/h7-13H,5-6,14-16H2,1-4H3,(H,23,25). The summed E-state index contributed by atoms with van der Waals surface area (Å²) in [5.41, 5.74) is 2.78. The van der Waals surface area contributed by atoms with E-state index >= 15 is 0 Å². The molecule has 0 aliphatic rings. The Morgan fingerprint density at radius 3 is 2.20 bits per heavy atom. The molecular weight excluding hydrogens is 420 g/mol. The van der Waals surface area contributed by atoms with Gasteiger partial charge in [-0.1, -0.05) is 32.0 Å². The van der Waals surface area contributed by atoms with Gasteiger partial charge in [0.1, 0.15) is 5.75 Å². The second kappa shape index (κ2) is 11.4. The van der Waals surface area contributed by atoms with Gasteiger partial charge in [0.15, 0.2) is 0 Å². The van der Waals surface area contributed by atoms with E-state index in [0.29, 0.717) is 36.9 Å². The number of sulfonamides is 1. The number of hydrogen-bond donors (Lipinski definition) is 1. The maximum atomic E-state index is 12.5. The zero-order chi connectivity index (χ0) is 22.1. The summed E-state index contributed by atoms with van der Waals surface area (Å²) < 4.78 is 32.2. The van der Waals surface area contributed by atoms with E-state index in [-0.39, 0.29) is 10.8 Å². The van der Waals surface area contributed by atoms with Gasteiger partial charge in [-0.25, -0.2) is 8.42 Å². The second-order valence-corrected chi connectivity index (χ2v) is 9.83. The monoisotopic (exact) mass is 450 g/mol. The van der Waals surface area contributed by atoms with Crippen molar-refractivity contribution in [3.8, 4) is 5.75 Å². The molecule has 2 aromatic rings. The summed E-state index contributed by atoms with van der Waals surface area (Å²) in [6, 6.07) is 12.3. The van der Waals surface area contributed by atoms with E-state index in [4.69, 9.17) is 4.74 Å². The van der Waals surface area contributed by atoms with Gasteiger partial charge in [-0.3, -0.25) is 4.79 Å². The number of amides is 1. The van der Waals surface area contributed by atoms with Crippen molar-refractivity contribution < 1.29 is 17.9 Å². The number of thioether (sulfide) groups is 1. The summed E-state index contributed by atoms with van der Waals surface area (Å²) in [5.74, 6) is 1.77. The first-order chi connectivity index (χ1) is 14.3. The van der Waals surface area contributed by atoms with Crippen LogP contribution < -0.4 is 10.1 Å². The van der Waals surface area contributed by atoms with Crippen LogP contribution in [0.1, 0.15) is 25.0 Å². The van der Waals surface area contributed by atoms with Crippen molar-refractivity contribution in [2.45, 2.75) is 32.6 Å². The summed E-state index contributed by atoms with van der Waals surface area (Å²) >= 11 is 1.49. The van der Waals surface area contributed by atoms with E-state index in [1.165, 1.54) is 28.2 Å². The average molecular weight is 451 g/mol. The molecule has 0 fully saturated rings. The molecule has 2 rings (SSSR count). The molecular formula is C22H30N2O4S2. The van der Waals surface area contributed by atoms with Gasteiger partial charge < -0.3 is 10.1 Å². The smallest absolute Gasteiger partial charge is 0.243 e. The summed E-state index contributed by atoms with van der Waals surface area (Å²) in [6.45, 7) is 9.01. The topological polar surface area (TPSA) is 75.7 Å². The van der Waals surface area contributed by atoms with Crippen molar-refractivity contribution in [2.75, 3.05) is 36.5 Å². The Kier molecular flexibility index (Phi) is 9.20. The van der Waals surface area contributed by atoms with E-state index in [1.54, 1.807) is 26.0 Å². The normalized spacial score (nSPS) is 11.5. The molecule has 1 amide bonds. The Balaban J connectivity index is 1.79. The number of benzene rings is 2. The fraction of sp³-hybridized carbons (Fsp3) is 0.409. The minimum Gasteiger partial charge on any atom is -0.492 e. The Labute approximate surface area is 184 Å². The average Bonchev–Trinajstić information content (AvgIpc) is 2.71. The first kappa shape index (κ1) is 24.2. The lowest BCUT2D eigenvalue weighted by Gasteiger charge is -2.18. The number of carbonyl (C=O) groups is 1. The number of carbonyl (C=O) groups excluding carboxylic acids is 1. The fourth-order valence-electron chi connectivity index (χ4n) is 3.01. The lowest BCUT2D eigenvalue weighted by Crippen LogP contribution is -2.30. The van der Waals surface area contributed by atoms with Crippen molar-refractivity contribution in [3.05, 3.63) is 53.6 Å². The Bertz CT molecular complexity index is 920. The zero-order valence-electron chi connectivity index (χ0n) is 18.0. The molecule has 0 radical (unpaired) electrons. The van der Waals surface area contributed by atoms with Crippen molar-refractivity contribution in [1.82, 2.24) is 4.31 Å². The number of ether oxygens (including phenoxy) is 1. The molecule has 0 aliphatic carbocycles. The number of nitrogens with zero attached hydrogens (tertiary/aromatic N) is 1. The highest BCUT2D eigenvalue weighted by atomic mass is 32.2. The summed E-state index contributed by atoms with van der Waals surface area (Å²) in [6.07, 6.45) is 0. The van der Waals surface area contributed by atoms with Crippen LogP contribution in [0.15, 0.2) is 47.4 Å². The third-order valence-corrected chi connectivity index (χ3v) is 7.58. The fourth-order valence-corrected chi connectivity index (χ4v) is 5.08. The summed E-state index contributed by atoms with van der Waals surface area (Å²) in [7, 11) is -3.49. The second-order valence-electron chi connectivity index (χ2n) is 6.78. The molecule has 0 saturated carbocycles. The molecule has 1 N–H and O–H groups in total. The highest BCUT2D eigenvalue weighted by Crippen LogP contribution is 2.22. The van der Waals surface area contributed by atoms with E-state index in [2.05, 4.69) is 5.32 Å². The molecule has 0 atom stereocenters. The number of nitrogens with one attached hydrogen (secondary N) is 1. The van der Waals surface area contributed by atoms with Gasteiger partial charge in [0.05, 0.1) is 17.3 Å². The molecule has 0 unspecified atom stereocenters. The van der Waals surface area contributed by atoms with Crippen LogP contribution in [0.2, 0.25) is 0 Å². The third kappa shape index (κ3) is 6.48. The van der Waals surface area contributed by atoms with Crippen LogP contribution in [-0.2, 0) is 14.8 Å². The van der Waals surface area contributed by atoms with Crippen LogP contribution in [-0.4, -0.2) is 49.8 Å². The number of para-hydroxylation sites is 1. The van der Waals surface area contributed by atoms with Gasteiger partial charge in [-0.2, -0.15) is 4.31 Å². The van der Waals surface area contributed by atoms with Crippen molar-refractivity contribution in [2.24, 2.45) is 0 Å². The zero-order valence-corrected chi connectivity index (χ0v) is 19.6. The highest BCUT2D eigenvalue weighted by Gasteiger charge is 2.21. The van der Waals surface area contributed by atoms with Gasteiger partial charge in [0.2, 0.25) is 15.9 Å². The van der Waals surface area contributed by atoms with Crippen molar-refractivity contribution in [1.29, 1.82) is 0 Å². The van der Waals surface area contributed by atoms with Gasteiger partial charge in [-0.15, -0.1) is 11.8 Å². The van der Waals surface area contributed by atoms with Gasteiger partial charge in [0.25, 0.3) is 0 Å². The Hall–Kier alpha value is -2.03. The van der Waals surface area contributed by atoms with Crippen LogP contribution in [0.4, 0.5) is 5.69 Å². The highest BCUT2D eigenvalue weighted by molar-refractivity contribution is 7.99.